The van der Waals surface area contributed by atoms with Crippen molar-refractivity contribution < 1.29 is 24.1 Å². The van der Waals surface area contributed by atoms with Crippen LogP contribution >= 0.6 is 0 Å². The lowest BCUT2D eigenvalue weighted by Gasteiger charge is -2.42. The van der Waals surface area contributed by atoms with E-state index in [1.54, 1.807) is 35.2 Å². The number of methoxy groups -OCH3 is 3. The average molecular weight is 341 g/mol. The normalized spacial score (nSPS) is 16.4. The number of carbonyl (C=O) groups excluding carboxylic acids is 1. The molecule has 1 saturated heterocycles. The highest BCUT2D eigenvalue weighted by molar-refractivity contribution is 6.15. The van der Waals surface area contributed by atoms with Gasteiger partial charge in [0.05, 0.1) is 33.1 Å². The molecule has 6 heteroatoms. The maximum absolute atomic E-state index is 12.4. The van der Waals surface area contributed by atoms with E-state index in [-0.39, 0.29) is 17.7 Å². The lowest BCUT2D eigenvalue weighted by Crippen LogP contribution is -2.48. The highest BCUT2D eigenvalue weighted by Crippen LogP contribution is 2.47. The Balaban J connectivity index is 2.08. The molecule has 2 aromatic rings. The molecule has 0 spiro atoms. The number of nitrogens with zero attached hydrogens (tertiary/aromatic N) is 1. The Morgan fingerprint density at radius 2 is 1.68 bits per heavy atom. The zero-order valence-corrected chi connectivity index (χ0v) is 14.3. The summed E-state index contributed by atoms with van der Waals surface area (Å²) in [6.45, 7) is 3.86. The Morgan fingerprint density at radius 3 is 2.20 bits per heavy atom. The Morgan fingerprint density at radius 1 is 1.04 bits per heavy atom. The van der Waals surface area contributed by atoms with Crippen LogP contribution in [0.2, 0.25) is 0 Å². The van der Waals surface area contributed by atoms with Crippen LogP contribution in [0.1, 0.15) is 11.6 Å². The predicted octanol–water partition coefficient (Wildman–Crippen LogP) is 3.06. The first kappa shape index (κ1) is 16.7. The Kier molecular flexibility index (Phi) is 4.27. The van der Waals surface area contributed by atoms with Crippen LogP contribution in [0, 0.1) is 0 Å². The summed E-state index contributed by atoms with van der Waals surface area (Å²) in [5, 5.41) is 9.73. The third-order valence-electron chi connectivity index (χ3n) is 4.20. The molecule has 0 saturated carbocycles. The van der Waals surface area contributed by atoms with Gasteiger partial charge in [-0.1, -0.05) is 18.7 Å². The largest absolute Gasteiger partial charge is 0.508 e. The van der Waals surface area contributed by atoms with Crippen LogP contribution < -0.4 is 19.1 Å². The zero-order chi connectivity index (χ0) is 18.1. The molecule has 0 radical (unpaired) electrons. The van der Waals surface area contributed by atoms with Gasteiger partial charge in [0.25, 0.3) is 5.91 Å². The standard InChI is InChI=1S/C19H19NO5/c1-11-17(12-6-5-7-14(21)8-12)20(19(11)22)13-9-15(23-2)18(25-4)16(10-13)24-3/h5-10,17,21H,1H2,2-4H3/t17-/m1/s1. The molecular weight excluding hydrogens is 322 g/mol. The first-order chi connectivity index (χ1) is 12.0. The van der Waals surface area contributed by atoms with E-state index in [0.29, 0.717) is 28.5 Å². The van der Waals surface area contributed by atoms with E-state index >= 15 is 0 Å². The van der Waals surface area contributed by atoms with Crippen molar-refractivity contribution in [2.45, 2.75) is 6.04 Å². The maximum Gasteiger partial charge on any atom is 0.256 e. The number of amides is 1. The van der Waals surface area contributed by atoms with E-state index in [9.17, 15) is 9.90 Å². The molecule has 1 atom stereocenters. The van der Waals surface area contributed by atoms with Gasteiger partial charge in [-0.15, -0.1) is 0 Å². The van der Waals surface area contributed by atoms with Gasteiger partial charge in [-0.2, -0.15) is 0 Å². The SMILES string of the molecule is C=C1C(=O)N(c2cc(OC)c(OC)c(OC)c2)[C@H]1c1cccc(O)c1. The second-order valence-corrected chi connectivity index (χ2v) is 5.58. The van der Waals surface area contributed by atoms with Crippen molar-refractivity contribution in [3.8, 4) is 23.0 Å². The molecule has 1 heterocycles. The van der Waals surface area contributed by atoms with Gasteiger partial charge >= 0.3 is 0 Å². The number of carbonyl (C=O) groups is 1. The number of benzene rings is 2. The highest BCUT2D eigenvalue weighted by Gasteiger charge is 2.43. The number of rotatable bonds is 5. The molecule has 1 aliphatic heterocycles. The number of hydrogen-bond acceptors (Lipinski definition) is 5. The molecule has 0 aromatic heterocycles. The molecule has 0 bridgehead atoms. The van der Waals surface area contributed by atoms with Crippen LogP contribution in [0.15, 0.2) is 48.6 Å². The second kappa shape index (κ2) is 6.39. The van der Waals surface area contributed by atoms with Crippen molar-refractivity contribution in [3.63, 3.8) is 0 Å². The second-order valence-electron chi connectivity index (χ2n) is 5.58. The Hall–Kier alpha value is -3.15. The summed E-state index contributed by atoms with van der Waals surface area (Å²) in [6.07, 6.45) is 0. The van der Waals surface area contributed by atoms with Crippen LogP contribution in [0.5, 0.6) is 23.0 Å². The van der Waals surface area contributed by atoms with E-state index in [1.807, 2.05) is 6.07 Å². The molecule has 1 amide bonds. The fourth-order valence-corrected chi connectivity index (χ4v) is 3.00. The number of phenolic OH excluding ortho intramolecular Hbond substituents is 1. The minimum atomic E-state index is -0.359. The summed E-state index contributed by atoms with van der Waals surface area (Å²) in [5.74, 6) is 1.31. The van der Waals surface area contributed by atoms with Gasteiger partial charge in [-0.25, -0.2) is 0 Å². The van der Waals surface area contributed by atoms with Gasteiger partial charge in [0.2, 0.25) is 5.75 Å². The third-order valence-corrected chi connectivity index (χ3v) is 4.20. The quantitative estimate of drug-likeness (QED) is 0.669. The van der Waals surface area contributed by atoms with Crippen LogP contribution in [-0.4, -0.2) is 32.3 Å². The van der Waals surface area contributed by atoms with Gasteiger partial charge in [0, 0.05) is 17.7 Å². The van der Waals surface area contributed by atoms with Crippen molar-refractivity contribution in [1.82, 2.24) is 0 Å². The summed E-state index contributed by atoms with van der Waals surface area (Å²) in [4.78, 5) is 14.0. The number of anilines is 1. The molecule has 1 fully saturated rings. The molecule has 2 aromatic carbocycles. The maximum atomic E-state index is 12.4. The van der Waals surface area contributed by atoms with Gasteiger partial charge in [0.15, 0.2) is 11.5 Å². The fraction of sp³-hybridized carbons (Fsp3) is 0.211. The monoisotopic (exact) mass is 341 g/mol. The summed E-state index contributed by atoms with van der Waals surface area (Å²) in [5.41, 5.74) is 1.83. The number of hydrogen-bond donors (Lipinski definition) is 1. The minimum absolute atomic E-state index is 0.134. The Bertz CT molecular complexity index is 820. The molecule has 3 rings (SSSR count). The van der Waals surface area contributed by atoms with Crippen LogP contribution in [0.25, 0.3) is 0 Å². The van der Waals surface area contributed by atoms with Crippen LogP contribution in [0.3, 0.4) is 0 Å². The molecule has 130 valence electrons. The molecule has 6 nitrogen and oxygen atoms in total. The molecule has 1 N–H and O–H groups in total. The van der Waals surface area contributed by atoms with E-state index in [1.165, 1.54) is 21.3 Å². The molecule has 25 heavy (non-hydrogen) atoms. The predicted molar refractivity (Wildman–Crippen MR) is 93.6 cm³/mol. The van der Waals surface area contributed by atoms with Crippen molar-refractivity contribution in [2.24, 2.45) is 0 Å². The molecule has 0 aliphatic carbocycles. The van der Waals surface area contributed by atoms with E-state index in [2.05, 4.69) is 6.58 Å². The number of ether oxygens (including phenoxy) is 3. The van der Waals surface area contributed by atoms with Crippen molar-refractivity contribution in [3.05, 3.63) is 54.1 Å². The molecule has 1 aliphatic rings. The van der Waals surface area contributed by atoms with Crippen LogP contribution in [0.4, 0.5) is 5.69 Å². The van der Waals surface area contributed by atoms with Crippen LogP contribution in [-0.2, 0) is 4.79 Å². The number of β-lactam (4-membered cyclic amide) rings is 1. The van der Waals surface area contributed by atoms with Gasteiger partial charge in [-0.05, 0) is 17.7 Å². The Labute approximate surface area is 145 Å². The first-order valence-corrected chi connectivity index (χ1v) is 7.63. The summed E-state index contributed by atoms with van der Waals surface area (Å²) >= 11 is 0. The molecular formula is C19H19NO5. The summed E-state index contributed by atoms with van der Waals surface area (Å²) in [6, 6.07) is 9.83. The zero-order valence-electron chi connectivity index (χ0n) is 14.3. The van der Waals surface area contributed by atoms with Crippen molar-refractivity contribution in [2.75, 3.05) is 26.2 Å². The highest BCUT2D eigenvalue weighted by atomic mass is 16.5. The summed E-state index contributed by atoms with van der Waals surface area (Å²) in [7, 11) is 4.56. The van der Waals surface area contributed by atoms with Crippen molar-refractivity contribution in [1.29, 1.82) is 0 Å². The lowest BCUT2D eigenvalue weighted by molar-refractivity contribution is -0.118. The number of phenols is 1. The van der Waals surface area contributed by atoms with E-state index < -0.39 is 0 Å². The van der Waals surface area contributed by atoms with E-state index in [0.717, 1.165) is 5.56 Å². The molecule has 0 unspecified atom stereocenters. The fourth-order valence-electron chi connectivity index (χ4n) is 3.00. The summed E-state index contributed by atoms with van der Waals surface area (Å²) < 4.78 is 16.0. The van der Waals surface area contributed by atoms with E-state index in [4.69, 9.17) is 14.2 Å². The van der Waals surface area contributed by atoms with Gasteiger partial charge in [0.1, 0.15) is 5.75 Å². The smallest absolute Gasteiger partial charge is 0.256 e. The van der Waals surface area contributed by atoms with Gasteiger partial charge < -0.3 is 19.3 Å². The average Bonchev–Trinajstić information content (AvgIpc) is 2.63. The number of aromatic hydroxyl groups is 1. The minimum Gasteiger partial charge on any atom is -0.508 e. The third kappa shape index (κ3) is 2.65. The topological polar surface area (TPSA) is 68.2 Å². The first-order valence-electron chi connectivity index (χ1n) is 7.63. The van der Waals surface area contributed by atoms with Crippen molar-refractivity contribution >= 4 is 11.6 Å². The lowest BCUT2D eigenvalue weighted by atomic mass is 9.88. The van der Waals surface area contributed by atoms with Gasteiger partial charge in [-0.3, -0.25) is 9.69 Å².